The number of ether oxygens (including phenoxy) is 1. The van der Waals surface area contributed by atoms with Gasteiger partial charge in [0.15, 0.2) is 0 Å². The van der Waals surface area contributed by atoms with Gasteiger partial charge in [-0.3, -0.25) is 4.79 Å². The first-order valence-corrected chi connectivity index (χ1v) is 9.12. The molecule has 0 bridgehead atoms. The number of rotatable bonds is 8. The Hall–Kier alpha value is -3.41. The molecular weight excluding hydrogens is 354 g/mol. The van der Waals surface area contributed by atoms with Crippen LogP contribution >= 0.6 is 0 Å². The largest absolute Gasteiger partial charge is 0.459 e. The number of benzene rings is 2. The van der Waals surface area contributed by atoms with E-state index in [1.165, 1.54) is 6.92 Å². The number of hydrogen-bond acceptors (Lipinski definition) is 4. The van der Waals surface area contributed by atoms with E-state index in [1.807, 2.05) is 71.4 Å². The quantitative estimate of drug-likeness (QED) is 0.613. The minimum Gasteiger partial charge on any atom is -0.459 e. The van der Waals surface area contributed by atoms with Crippen LogP contribution in [0, 0.1) is 0 Å². The van der Waals surface area contributed by atoms with Crippen LogP contribution in [0.1, 0.15) is 23.7 Å². The Morgan fingerprint density at radius 3 is 2.32 bits per heavy atom. The van der Waals surface area contributed by atoms with Crippen molar-refractivity contribution >= 4 is 11.9 Å². The van der Waals surface area contributed by atoms with E-state index in [-0.39, 0.29) is 18.9 Å². The highest BCUT2D eigenvalue weighted by Crippen LogP contribution is 2.08. The van der Waals surface area contributed by atoms with Gasteiger partial charge in [-0.15, -0.1) is 0 Å². The topological polar surface area (TPSA) is 73.2 Å². The van der Waals surface area contributed by atoms with Crippen LogP contribution in [0.5, 0.6) is 0 Å². The Balaban J connectivity index is 1.62. The van der Waals surface area contributed by atoms with Crippen LogP contribution in [-0.4, -0.2) is 27.5 Å². The number of nitrogens with one attached hydrogen (secondary N) is 1. The normalized spacial score (nSPS) is 11.6. The highest BCUT2D eigenvalue weighted by Gasteiger charge is 2.22. The summed E-state index contributed by atoms with van der Waals surface area (Å²) in [7, 11) is 0. The van der Waals surface area contributed by atoms with Crippen LogP contribution in [-0.2, 0) is 33.9 Å². The third-order valence-corrected chi connectivity index (χ3v) is 4.19. The Kier molecular flexibility index (Phi) is 6.57. The molecule has 2 aromatic carbocycles. The average Bonchev–Trinajstić information content (AvgIpc) is 3.13. The van der Waals surface area contributed by atoms with E-state index < -0.39 is 12.0 Å². The van der Waals surface area contributed by atoms with Gasteiger partial charge in [0.25, 0.3) is 0 Å². The minimum atomic E-state index is -0.777. The Morgan fingerprint density at radius 2 is 1.68 bits per heavy atom. The second-order valence-corrected chi connectivity index (χ2v) is 6.57. The van der Waals surface area contributed by atoms with E-state index in [1.54, 1.807) is 6.33 Å². The number of amides is 1. The maximum atomic E-state index is 12.5. The van der Waals surface area contributed by atoms with E-state index in [4.69, 9.17) is 4.74 Å². The predicted molar refractivity (Wildman–Crippen MR) is 105 cm³/mol. The van der Waals surface area contributed by atoms with Crippen molar-refractivity contribution in [2.45, 2.75) is 32.5 Å². The Bertz CT molecular complexity index is 907. The van der Waals surface area contributed by atoms with Crippen molar-refractivity contribution in [3.8, 4) is 0 Å². The highest BCUT2D eigenvalue weighted by molar-refractivity contribution is 5.83. The van der Waals surface area contributed by atoms with E-state index in [0.29, 0.717) is 12.2 Å². The molecule has 1 heterocycles. The smallest absolute Gasteiger partial charge is 0.329 e. The standard InChI is InChI=1S/C22H23N3O3/c1-17(26)24-21(22(27)28-15-19-10-6-3-7-11-19)12-20-14-25(16-23-20)13-18-8-4-2-5-9-18/h2-11,14,16,21H,12-13,15H2,1H3,(H,24,26)/t21-/m0/s1. The Labute approximate surface area is 164 Å². The lowest BCUT2D eigenvalue weighted by Crippen LogP contribution is -2.42. The molecule has 1 amide bonds. The van der Waals surface area contributed by atoms with Gasteiger partial charge in [-0.1, -0.05) is 60.7 Å². The monoisotopic (exact) mass is 377 g/mol. The molecule has 6 heteroatoms. The summed E-state index contributed by atoms with van der Waals surface area (Å²) in [6.07, 6.45) is 3.88. The molecule has 6 nitrogen and oxygen atoms in total. The zero-order chi connectivity index (χ0) is 19.8. The third-order valence-electron chi connectivity index (χ3n) is 4.19. The number of aromatic nitrogens is 2. The van der Waals surface area contributed by atoms with Crippen LogP contribution < -0.4 is 5.32 Å². The van der Waals surface area contributed by atoms with Crippen molar-refractivity contribution in [1.29, 1.82) is 0 Å². The fourth-order valence-electron chi connectivity index (χ4n) is 2.87. The minimum absolute atomic E-state index is 0.165. The highest BCUT2D eigenvalue weighted by atomic mass is 16.5. The second kappa shape index (κ2) is 9.50. The lowest BCUT2D eigenvalue weighted by atomic mass is 10.1. The first-order chi connectivity index (χ1) is 13.6. The zero-order valence-electron chi connectivity index (χ0n) is 15.7. The fraction of sp³-hybridized carbons (Fsp3) is 0.227. The van der Waals surface area contributed by atoms with Crippen LogP contribution in [0.15, 0.2) is 73.2 Å². The molecule has 0 aliphatic heterocycles. The molecule has 1 N–H and O–H groups in total. The molecule has 28 heavy (non-hydrogen) atoms. The average molecular weight is 377 g/mol. The van der Waals surface area contributed by atoms with Gasteiger partial charge < -0.3 is 14.6 Å². The summed E-state index contributed by atoms with van der Waals surface area (Å²) in [6, 6.07) is 18.7. The van der Waals surface area contributed by atoms with Gasteiger partial charge in [0, 0.05) is 26.1 Å². The number of carbonyl (C=O) groups is 2. The second-order valence-electron chi connectivity index (χ2n) is 6.57. The van der Waals surface area contributed by atoms with Crippen LogP contribution in [0.3, 0.4) is 0 Å². The first-order valence-electron chi connectivity index (χ1n) is 9.12. The summed E-state index contributed by atoms with van der Waals surface area (Å²) in [6.45, 7) is 2.24. The zero-order valence-corrected chi connectivity index (χ0v) is 15.7. The van der Waals surface area contributed by atoms with E-state index in [2.05, 4.69) is 10.3 Å². The molecule has 0 aliphatic rings. The van der Waals surface area contributed by atoms with Gasteiger partial charge in [-0.2, -0.15) is 0 Å². The molecule has 3 rings (SSSR count). The molecule has 0 saturated heterocycles. The molecule has 0 unspecified atom stereocenters. The molecular formula is C22H23N3O3. The number of nitrogens with zero attached hydrogens (tertiary/aromatic N) is 2. The molecule has 0 radical (unpaired) electrons. The van der Waals surface area contributed by atoms with Crippen molar-refractivity contribution in [1.82, 2.24) is 14.9 Å². The lowest BCUT2D eigenvalue weighted by molar-refractivity contribution is -0.149. The van der Waals surface area contributed by atoms with E-state index >= 15 is 0 Å². The van der Waals surface area contributed by atoms with Gasteiger partial charge in [0.1, 0.15) is 12.6 Å². The van der Waals surface area contributed by atoms with Crippen molar-refractivity contribution in [2.75, 3.05) is 0 Å². The fourth-order valence-corrected chi connectivity index (χ4v) is 2.87. The van der Waals surface area contributed by atoms with E-state index in [0.717, 1.165) is 11.1 Å². The van der Waals surface area contributed by atoms with E-state index in [9.17, 15) is 9.59 Å². The maximum absolute atomic E-state index is 12.5. The molecule has 0 saturated carbocycles. The number of imidazole rings is 1. The van der Waals surface area contributed by atoms with Crippen molar-refractivity contribution in [3.05, 3.63) is 90.0 Å². The third kappa shape index (κ3) is 5.81. The molecule has 0 aliphatic carbocycles. The van der Waals surface area contributed by atoms with Crippen LogP contribution in [0.25, 0.3) is 0 Å². The predicted octanol–water partition coefficient (Wildman–Crippen LogP) is 2.72. The summed E-state index contributed by atoms with van der Waals surface area (Å²) in [5.41, 5.74) is 2.77. The molecule has 1 aromatic heterocycles. The van der Waals surface area contributed by atoms with Gasteiger partial charge in [0.2, 0.25) is 5.91 Å². The molecule has 3 aromatic rings. The molecule has 144 valence electrons. The maximum Gasteiger partial charge on any atom is 0.329 e. The van der Waals surface area contributed by atoms with Gasteiger partial charge in [-0.25, -0.2) is 9.78 Å². The number of carbonyl (C=O) groups excluding carboxylic acids is 2. The summed E-state index contributed by atoms with van der Waals surface area (Å²) in [4.78, 5) is 28.4. The van der Waals surface area contributed by atoms with Gasteiger partial charge >= 0.3 is 5.97 Å². The number of hydrogen-bond donors (Lipinski definition) is 1. The summed E-state index contributed by atoms with van der Waals surface area (Å²) >= 11 is 0. The SMILES string of the molecule is CC(=O)N[C@@H](Cc1cn(Cc2ccccc2)cn1)C(=O)OCc1ccccc1. The summed E-state index contributed by atoms with van der Waals surface area (Å²) < 4.78 is 7.33. The molecule has 0 spiro atoms. The van der Waals surface area contributed by atoms with Crippen molar-refractivity contribution in [3.63, 3.8) is 0 Å². The van der Waals surface area contributed by atoms with Crippen LogP contribution in [0.4, 0.5) is 0 Å². The summed E-state index contributed by atoms with van der Waals surface area (Å²) in [5, 5.41) is 2.66. The first kappa shape index (κ1) is 19.4. The Morgan fingerprint density at radius 1 is 1.04 bits per heavy atom. The molecule has 1 atom stereocenters. The number of esters is 1. The molecule has 0 fully saturated rings. The van der Waals surface area contributed by atoms with Gasteiger partial charge in [0.05, 0.1) is 12.0 Å². The van der Waals surface area contributed by atoms with Gasteiger partial charge in [-0.05, 0) is 11.1 Å². The van der Waals surface area contributed by atoms with Crippen molar-refractivity contribution < 1.29 is 14.3 Å². The van der Waals surface area contributed by atoms with Crippen LogP contribution in [0.2, 0.25) is 0 Å². The lowest BCUT2D eigenvalue weighted by Gasteiger charge is -2.16. The summed E-state index contributed by atoms with van der Waals surface area (Å²) in [5.74, 6) is -0.762. The van der Waals surface area contributed by atoms with Crippen molar-refractivity contribution in [2.24, 2.45) is 0 Å².